The molecule has 1 heterocycles. The fourth-order valence-corrected chi connectivity index (χ4v) is 3.72. The van der Waals surface area contributed by atoms with Crippen LogP contribution in [0, 0.1) is 19.8 Å². The van der Waals surface area contributed by atoms with Crippen LogP contribution in [-0.2, 0) is 10.0 Å². The molecule has 0 aliphatic rings. The minimum atomic E-state index is -3.48. The highest BCUT2D eigenvalue weighted by Gasteiger charge is 2.25. The van der Waals surface area contributed by atoms with Crippen LogP contribution in [0.1, 0.15) is 38.6 Å². The second-order valence-corrected chi connectivity index (χ2v) is 6.29. The fourth-order valence-electron chi connectivity index (χ4n) is 1.89. The lowest BCUT2D eigenvalue weighted by Crippen LogP contribution is -2.38. The zero-order valence-electron chi connectivity index (χ0n) is 11.0. The third-order valence-electron chi connectivity index (χ3n) is 2.88. The predicted molar refractivity (Wildman–Crippen MR) is 67.3 cm³/mol. The predicted octanol–water partition coefficient (Wildman–Crippen LogP) is 1.74. The van der Waals surface area contributed by atoms with E-state index in [1.807, 2.05) is 20.8 Å². The summed E-state index contributed by atoms with van der Waals surface area (Å²) in [5.41, 5.74) is 1.09. The molecule has 0 aliphatic carbocycles. The minimum absolute atomic E-state index is 0.0475. The van der Waals surface area contributed by atoms with Crippen molar-refractivity contribution in [3.63, 3.8) is 0 Å². The molecule has 98 valence electrons. The standard InChI is InChI=1S/C11H21N3O2S/c1-6-10(7(2)3)14-17(15,16)11-8(4)12-13-9(11)5/h7,10,14H,6H2,1-5H3,(H,12,13). The number of aromatic amines is 1. The average molecular weight is 259 g/mol. The van der Waals surface area contributed by atoms with Crippen molar-refractivity contribution >= 4 is 10.0 Å². The maximum absolute atomic E-state index is 12.2. The number of hydrogen-bond donors (Lipinski definition) is 2. The highest BCUT2D eigenvalue weighted by molar-refractivity contribution is 7.89. The first kappa shape index (κ1) is 14.2. The zero-order valence-corrected chi connectivity index (χ0v) is 11.9. The van der Waals surface area contributed by atoms with Gasteiger partial charge in [0.25, 0.3) is 0 Å². The highest BCUT2D eigenvalue weighted by atomic mass is 32.2. The van der Waals surface area contributed by atoms with Crippen molar-refractivity contribution in [3.05, 3.63) is 11.4 Å². The van der Waals surface area contributed by atoms with Crippen LogP contribution in [0.15, 0.2) is 4.90 Å². The number of sulfonamides is 1. The van der Waals surface area contributed by atoms with Crippen molar-refractivity contribution in [1.82, 2.24) is 14.9 Å². The maximum Gasteiger partial charge on any atom is 0.244 e. The van der Waals surface area contributed by atoms with Gasteiger partial charge in [0.2, 0.25) is 10.0 Å². The molecular weight excluding hydrogens is 238 g/mol. The Morgan fingerprint density at radius 3 is 2.29 bits per heavy atom. The van der Waals surface area contributed by atoms with E-state index in [-0.39, 0.29) is 16.9 Å². The summed E-state index contributed by atoms with van der Waals surface area (Å²) >= 11 is 0. The molecule has 6 heteroatoms. The van der Waals surface area contributed by atoms with Crippen LogP contribution >= 0.6 is 0 Å². The summed E-state index contributed by atoms with van der Waals surface area (Å²) in [5, 5.41) is 6.61. The minimum Gasteiger partial charge on any atom is -0.281 e. The molecule has 5 nitrogen and oxygen atoms in total. The van der Waals surface area contributed by atoms with Gasteiger partial charge in [0, 0.05) is 6.04 Å². The van der Waals surface area contributed by atoms with E-state index >= 15 is 0 Å². The van der Waals surface area contributed by atoms with Gasteiger partial charge in [0.15, 0.2) is 0 Å². The molecule has 2 N–H and O–H groups in total. The van der Waals surface area contributed by atoms with Gasteiger partial charge in [-0.2, -0.15) is 5.10 Å². The van der Waals surface area contributed by atoms with E-state index in [0.29, 0.717) is 11.4 Å². The number of aryl methyl sites for hydroxylation is 2. The summed E-state index contributed by atoms with van der Waals surface area (Å²) in [6.45, 7) is 9.39. The van der Waals surface area contributed by atoms with E-state index in [2.05, 4.69) is 14.9 Å². The Bertz CT molecular complexity index is 457. The number of nitrogens with zero attached hydrogens (tertiary/aromatic N) is 1. The molecule has 0 saturated heterocycles. The Kier molecular flexibility index (Phi) is 4.32. The highest BCUT2D eigenvalue weighted by Crippen LogP contribution is 2.18. The largest absolute Gasteiger partial charge is 0.281 e. The SMILES string of the molecule is CCC(NS(=O)(=O)c1c(C)n[nH]c1C)C(C)C. The first-order valence-electron chi connectivity index (χ1n) is 5.83. The number of rotatable bonds is 5. The molecule has 0 fully saturated rings. The van der Waals surface area contributed by atoms with Gasteiger partial charge in [-0.15, -0.1) is 0 Å². The van der Waals surface area contributed by atoms with Crippen molar-refractivity contribution in [2.24, 2.45) is 5.92 Å². The Hall–Kier alpha value is -0.880. The van der Waals surface area contributed by atoms with Gasteiger partial charge in [0.05, 0.1) is 11.4 Å². The molecule has 0 aromatic carbocycles. The smallest absolute Gasteiger partial charge is 0.244 e. The number of hydrogen-bond acceptors (Lipinski definition) is 3. The summed E-state index contributed by atoms with van der Waals surface area (Å²) in [6.07, 6.45) is 0.771. The van der Waals surface area contributed by atoms with Crippen molar-refractivity contribution in [2.75, 3.05) is 0 Å². The Labute approximate surface area is 103 Å². The Morgan fingerprint density at radius 1 is 1.35 bits per heavy atom. The van der Waals surface area contributed by atoms with E-state index in [9.17, 15) is 8.42 Å². The molecule has 1 aromatic heterocycles. The number of aromatic nitrogens is 2. The van der Waals surface area contributed by atoms with E-state index in [1.165, 1.54) is 0 Å². The lowest BCUT2D eigenvalue weighted by Gasteiger charge is -2.20. The summed E-state index contributed by atoms with van der Waals surface area (Å²) in [5.74, 6) is 0.266. The van der Waals surface area contributed by atoms with E-state index in [4.69, 9.17) is 0 Å². The molecule has 1 atom stereocenters. The quantitative estimate of drug-likeness (QED) is 0.845. The van der Waals surface area contributed by atoms with Gasteiger partial charge in [-0.25, -0.2) is 13.1 Å². The average Bonchev–Trinajstić information content (AvgIpc) is 2.55. The lowest BCUT2D eigenvalue weighted by molar-refractivity contribution is 0.437. The summed E-state index contributed by atoms with van der Waals surface area (Å²) in [7, 11) is -3.48. The lowest BCUT2D eigenvalue weighted by atomic mass is 10.0. The van der Waals surface area contributed by atoms with Crippen LogP contribution in [0.25, 0.3) is 0 Å². The molecular formula is C11H21N3O2S. The van der Waals surface area contributed by atoms with Crippen LogP contribution in [0.5, 0.6) is 0 Å². The molecule has 0 saturated carbocycles. The third kappa shape index (κ3) is 3.07. The Morgan fingerprint density at radius 2 is 1.94 bits per heavy atom. The van der Waals surface area contributed by atoms with Crippen molar-refractivity contribution < 1.29 is 8.42 Å². The first-order chi connectivity index (χ1) is 7.79. The molecule has 0 aliphatic heterocycles. The van der Waals surface area contributed by atoms with Crippen LogP contribution < -0.4 is 4.72 Å². The molecule has 0 bridgehead atoms. The molecule has 0 spiro atoms. The number of nitrogens with one attached hydrogen (secondary N) is 2. The molecule has 17 heavy (non-hydrogen) atoms. The third-order valence-corrected chi connectivity index (χ3v) is 4.63. The van der Waals surface area contributed by atoms with Gasteiger partial charge in [-0.1, -0.05) is 20.8 Å². The van der Waals surface area contributed by atoms with Crippen LogP contribution in [0.2, 0.25) is 0 Å². The van der Waals surface area contributed by atoms with Gasteiger partial charge >= 0.3 is 0 Å². The molecule has 1 aromatic rings. The van der Waals surface area contributed by atoms with E-state index < -0.39 is 10.0 Å². The first-order valence-corrected chi connectivity index (χ1v) is 7.31. The topological polar surface area (TPSA) is 74.8 Å². The Balaban J connectivity index is 3.05. The number of H-pyrrole nitrogens is 1. The van der Waals surface area contributed by atoms with Gasteiger partial charge < -0.3 is 0 Å². The summed E-state index contributed by atoms with van der Waals surface area (Å²) < 4.78 is 27.2. The molecule has 0 radical (unpaired) electrons. The monoisotopic (exact) mass is 259 g/mol. The second kappa shape index (κ2) is 5.18. The van der Waals surface area contributed by atoms with Crippen molar-refractivity contribution in [1.29, 1.82) is 0 Å². The normalized spacial score (nSPS) is 14.2. The van der Waals surface area contributed by atoms with E-state index in [0.717, 1.165) is 6.42 Å². The maximum atomic E-state index is 12.2. The fraction of sp³-hybridized carbons (Fsp3) is 0.727. The zero-order chi connectivity index (χ0) is 13.2. The molecule has 1 unspecified atom stereocenters. The summed E-state index contributed by atoms with van der Waals surface area (Å²) in [6, 6.07) is -0.0475. The van der Waals surface area contributed by atoms with Gasteiger partial charge in [-0.3, -0.25) is 5.10 Å². The molecule has 0 amide bonds. The summed E-state index contributed by atoms with van der Waals surface area (Å²) in [4.78, 5) is 0.275. The van der Waals surface area contributed by atoms with Crippen LogP contribution in [0.4, 0.5) is 0 Å². The van der Waals surface area contributed by atoms with Crippen LogP contribution in [-0.4, -0.2) is 24.7 Å². The van der Waals surface area contributed by atoms with Gasteiger partial charge in [0.1, 0.15) is 4.90 Å². The van der Waals surface area contributed by atoms with E-state index in [1.54, 1.807) is 13.8 Å². The van der Waals surface area contributed by atoms with Gasteiger partial charge in [-0.05, 0) is 26.2 Å². The van der Waals surface area contributed by atoms with Crippen LogP contribution in [0.3, 0.4) is 0 Å². The molecule has 1 rings (SSSR count). The van der Waals surface area contributed by atoms with Crippen molar-refractivity contribution in [3.8, 4) is 0 Å². The second-order valence-electron chi connectivity index (χ2n) is 4.64. The van der Waals surface area contributed by atoms with Crippen molar-refractivity contribution in [2.45, 2.75) is 52.0 Å².